The maximum Gasteiger partial charge on any atom is 0.306 e. The Hall–Kier alpha value is -2.67. The molecular formula is C26H27BrN2O3. The van der Waals surface area contributed by atoms with E-state index in [0.29, 0.717) is 19.4 Å². The third-order valence-electron chi connectivity index (χ3n) is 6.17. The van der Waals surface area contributed by atoms with E-state index in [0.717, 1.165) is 15.6 Å². The lowest BCUT2D eigenvalue weighted by molar-refractivity contribution is -0.145. The van der Waals surface area contributed by atoms with Crippen LogP contribution in [0.15, 0.2) is 59.1 Å². The minimum absolute atomic E-state index is 0.0733. The summed E-state index contributed by atoms with van der Waals surface area (Å²) in [7, 11) is 0. The van der Waals surface area contributed by atoms with Gasteiger partial charge in [0.1, 0.15) is 0 Å². The molecular weight excluding hydrogens is 468 g/mol. The second-order valence-electron chi connectivity index (χ2n) is 8.18. The predicted octanol–water partition coefficient (Wildman–Crippen LogP) is 5.73. The first-order valence-electron chi connectivity index (χ1n) is 10.9. The van der Waals surface area contributed by atoms with Crippen LogP contribution in [0.5, 0.6) is 0 Å². The Kier molecular flexibility index (Phi) is 8.45. The van der Waals surface area contributed by atoms with E-state index in [4.69, 9.17) is 9.47 Å². The molecule has 32 heavy (non-hydrogen) atoms. The van der Waals surface area contributed by atoms with Gasteiger partial charge in [0.2, 0.25) is 0 Å². The Bertz CT molecular complexity index is 965. The van der Waals surface area contributed by atoms with E-state index in [1.165, 1.54) is 0 Å². The summed E-state index contributed by atoms with van der Waals surface area (Å²) in [5.74, 6) is -1.11. The van der Waals surface area contributed by atoms with Crippen molar-refractivity contribution in [2.45, 2.75) is 38.0 Å². The predicted molar refractivity (Wildman–Crippen MR) is 125 cm³/mol. The second kappa shape index (κ2) is 11.3. The average molecular weight is 495 g/mol. The van der Waals surface area contributed by atoms with Crippen molar-refractivity contribution in [2.24, 2.45) is 11.3 Å². The maximum absolute atomic E-state index is 12.4. The van der Waals surface area contributed by atoms with Gasteiger partial charge < -0.3 is 9.47 Å². The van der Waals surface area contributed by atoms with Crippen LogP contribution < -0.4 is 0 Å². The van der Waals surface area contributed by atoms with Gasteiger partial charge in [-0.3, -0.25) is 4.79 Å². The first-order valence-corrected chi connectivity index (χ1v) is 11.7. The normalized spacial score (nSPS) is 22.9. The summed E-state index contributed by atoms with van der Waals surface area (Å²) < 4.78 is 12.3. The fraction of sp³-hybridized carbons (Fsp3) is 0.423. The highest BCUT2D eigenvalue weighted by Crippen LogP contribution is 2.48. The van der Waals surface area contributed by atoms with Crippen molar-refractivity contribution in [3.63, 3.8) is 0 Å². The van der Waals surface area contributed by atoms with E-state index in [1.807, 2.05) is 42.5 Å². The smallest absolute Gasteiger partial charge is 0.306 e. The van der Waals surface area contributed by atoms with Crippen molar-refractivity contribution >= 4 is 21.9 Å². The molecule has 3 unspecified atom stereocenters. The topological polar surface area (TPSA) is 83.1 Å². The van der Waals surface area contributed by atoms with Crippen LogP contribution in [-0.2, 0) is 14.3 Å². The zero-order valence-corrected chi connectivity index (χ0v) is 19.8. The summed E-state index contributed by atoms with van der Waals surface area (Å²) >= 11 is 3.45. The van der Waals surface area contributed by atoms with Gasteiger partial charge in [-0.15, -0.1) is 0 Å². The molecule has 1 fully saturated rings. The molecule has 3 atom stereocenters. The van der Waals surface area contributed by atoms with Crippen LogP contribution in [0.25, 0.3) is 0 Å². The van der Waals surface area contributed by atoms with E-state index < -0.39 is 11.3 Å². The van der Waals surface area contributed by atoms with Gasteiger partial charge in [0.15, 0.2) is 5.41 Å². The molecule has 1 aliphatic rings. The number of ether oxygens (including phenoxy) is 2. The molecule has 2 aromatic rings. The minimum Gasteiger partial charge on any atom is -0.466 e. The fourth-order valence-corrected chi connectivity index (χ4v) is 4.87. The Morgan fingerprint density at radius 1 is 1.09 bits per heavy atom. The first kappa shape index (κ1) is 24.0. The molecule has 1 aliphatic heterocycles. The van der Waals surface area contributed by atoms with E-state index >= 15 is 0 Å². The molecule has 1 saturated heterocycles. The number of carbonyl (C=O) groups is 1. The van der Waals surface area contributed by atoms with E-state index in [2.05, 4.69) is 40.2 Å². The van der Waals surface area contributed by atoms with Crippen molar-refractivity contribution in [1.29, 1.82) is 10.5 Å². The standard InChI is InChI=1S/C26H27BrN2O3/c1-2-32-24(30)14-22-16-31-15-21(19-6-4-3-5-7-19)12-13-26(17-28,18-29)25(22)20-8-10-23(27)11-9-20/h3-11,21-22,25H,2,12-16H2,1H3. The summed E-state index contributed by atoms with van der Waals surface area (Å²) in [4.78, 5) is 12.4. The Labute approximate surface area is 198 Å². The van der Waals surface area contributed by atoms with Gasteiger partial charge in [0, 0.05) is 22.2 Å². The van der Waals surface area contributed by atoms with Crippen molar-refractivity contribution in [1.82, 2.24) is 0 Å². The molecule has 0 saturated carbocycles. The molecule has 0 amide bonds. The largest absolute Gasteiger partial charge is 0.466 e. The lowest BCUT2D eigenvalue weighted by Crippen LogP contribution is -2.35. The minimum atomic E-state index is -1.29. The molecule has 2 aromatic carbocycles. The third-order valence-corrected chi connectivity index (χ3v) is 6.70. The SMILES string of the molecule is CCOC(=O)CC1COCC(c2ccccc2)CCC(C#N)(C#N)C1c1ccc(Br)cc1. The number of hydrogen-bond acceptors (Lipinski definition) is 5. The lowest BCUT2D eigenvalue weighted by atomic mass is 9.64. The van der Waals surface area contributed by atoms with E-state index in [9.17, 15) is 15.3 Å². The molecule has 0 N–H and O–H groups in total. The molecule has 3 rings (SSSR count). The zero-order chi connectivity index (χ0) is 23.0. The number of carbonyl (C=O) groups excluding carboxylic acids is 1. The number of hydrogen-bond donors (Lipinski definition) is 0. The van der Waals surface area contributed by atoms with E-state index in [1.54, 1.807) is 6.92 Å². The highest BCUT2D eigenvalue weighted by molar-refractivity contribution is 9.10. The van der Waals surface area contributed by atoms with Crippen LogP contribution in [0, 0.1) is 34.0 Å². The molecule has 0 spiro atoms. The number of nitriles is 2. The van der Waals surface area contributed by atoms with Gasteiger partial charge in [-0.05, 0) is 43.0 Å². The zero-order valence-electron chi connectivity index (χ0n) is 18.2. The molecule has 1 heterocycles. The van der Waals surface area contributed by atoms with Gasteiger partial charge >= 0.3 is 5.97 Å². The molecule has 0 aliphatic carbocycles. The Balaban J connectivity index is 2.04. The molecule has 0 aromatic heterocycles. The number of benzene rings is 2. The van der Waals surface area contributed by atoms with E-state index in [-0.39, 0.29) is 37.4 Å². The average Bonchev–Trinajstić information content (AvgIpc) is 2.88. The monoisotopic (exact) mass is 494 g/mol. The highest BCUT2D eigenvalue weighted by Gasteiger charge is 2.46. The first-order chi connectivity index (χ1) is 15.5. The Morgan fingerprint density at radius 3 is 2.41 bits per heavy atom. The maximum atomic E-state index is 12.4. The van der Waals surface area contributed by atoms with Crippen molar-refractivity contribution in [3.05, 3.63) is 70.2 Å². The van der Waals surface area contributed by atoms with Crippen molar-refractivity contribution in [2.75, 3.05) is 19.8 Å². The molecule has 6 heteroatoms. The molecule has 5 nitrogen and oxygen atoms in total. The van der Waals surface area contributed by atoms with Gasteiger partial charge in [-0.2, -0.15) is 10.5 Å². The third kappa shape index (κ3) is 5.57. The lowest BCUT2D eigenvalue weighted by Gasteiger charge is -2.35. The number of nitrogens with zero attached hydrogens (tertiary/aromatic N) is 2. The summed E-state index contributed by atoms with van der Waals surface area (Å²) in [5.41, 5.74) is 0.694. The molecule has 0 bridgehead atoms. The van der Waals surface area contributed by atoms with Crippen LogP contribution in [0.1, 0.15) is 49.1 Å². The van der Waals surface area contributed by atoms with Crippen LogP contribution >= 0.6 is 15.9 Å². The number of rotatable bonds is 5. The summed E-state index contributed by atoms with van der Waals surface area (Å²) in [6, 6.07) is 22.4. The van der Waals surface area contributed by atoms with Crippen LogP contribution in [-0.4, -0.2) is 25.8 Å². The van der Waals surface area contributed by atoms with Gasteiger partial charge in [-0.1, -0.05) is 58.4 Å². The van der Waals surface area contributed by atoms with Gasteiger partial charge in [0.25, 0.3) is 0 Å². The Morgan fingerprint density at radius 2 is 1.78 bits per heavy atom. The molecule has 166 valence electrons. The fourth-order valence-electron chi connectivity index (χ4n) is 4.60. The van der Waals surface area contributed by atoms with Crippen LogP contribution in [0.3, 0.4) is 0 Å². The summed E-state index contributed by atoms with van der Waals surface area (Å²) in [6.45, 7) is 2.80. The molecule has 0 radical (unpaired) electrons. The second-order valence-corrected chi connectivity index (χ2v) is 9.09. The van der Waals surface area contributed by atoms with Crippen LogP contribution in [0.2, 0.25) is 0 Å². The summed E-state index contributed by atoms with van der Waals surface area (Å²) in [5, 5.41) is 20.6. The quantitative estimate of drug-likeness (QED) is 0.495. The highest BCUT2D eigenvalue weighted by atomic mass is 79.9. The summed E-state index contributed by atoms with van der Waals surface area (Å²) in [6.07, 6.45) is 1.13. The number of esters is 1. The van der Waals surface area contributed by atoms with Crippen molar-refractivity contribution < 1.29 is 14.3 Å². The van der Waals surface area contributed by atoms with Gasteiger partial charge in [0.05, 0.1) is 38.4 Å². The van der Waals surface area contributed by atoms with Gasteiger partial charge in [-0.25, -0.2) is 0 Å². The van der Waals surface area contributed by atoms with Crippen molar-refractivity contribution in [3.8, 4) is 12.1 Å². The number of halogens is 1. The van der Waals surface area contributed by atoms with Crippen LogP contribution in [0.4, 0.5) is 0 Å².